The summed E-state index contributed by atoms with van der Waals surface area (Å²) in [6, 6.07) is 0.339. The second-order valence-electron chi connectivity index (χ2n) is 5.72. The van der Waals surface area contributed by atoms with E-state index in [1.807, 2.05) is 0 Å². The van der Waals surface area contributed by atoms with Crippen molar-refractivity contribution in [1.29, 1.82) is 0 Å². The van der Waals surface area contributed by atoms with E-state index in [0.717, 1.165) is 12.8 Å². The quantitative estimate of drug-likeness (QED) is 0.721. The predicted molar refractivity (Wildman–Crippen MR) is 83.5 cm³/mol. The Bertz CT molecular complexity index is 248. The molecule has 1 aliphatic carbocycles. The SMILES string of the molecule is CCCCC(CC)CC(=O)NC1CCCC1CN.Cl. The van der Waals surface area contributed by atoms with Crippen LogP contribution >= 0.6 is 12.4 Å². The largest absolute Gasteiger partial charge is 0.353 e. The summed E-state index contributed by atoms with van der Waals surface area (Å²) in [4.78, 5) is 12.0. The molecule has 0 aromatic carbocycles. The molecular weight excluding hydrogens is 260 g/mol. The molecule has 0 aromatic rings. The number of rotatable bonds is 8. The molecule has 3 nitrogen and oxygen atoms in total. The highest BCUT2D eigenvalue weighted by atomic mass is 35.5. The van der Waals surface area contributed by atoms with Crippen molar-refractivity contribution in [1.82, 2.24) is 5.32 Å². The normalized spacial score (nSPS) is 23.7. The molecule has 19 heavy (non-hydrogen) atoms. The van der Waals surface area contributed by atoms with E-state index in [2.05, 4.69) is 19.2 Å². The van der Waals surface area contributed by atoms with Crippen LogP contribution in [-0.4, -0.2) is 18.5 Å². The van der Waals surface area contributed by atoms with Crippen LogP contribution in [0.2, 0.25) is 0 Å². The topological polar surface area (TPSA) is 55.1 Å². The van der Waals surface area contributed by atoms with Crippen LogP contribution in [0.1, 0.15) is 65.2 Å². The van der Waals surface area contributed by atoms with Crippen LogP contribution in [0.4, 0.5) is 0 Å². The molecular formula is C15H31ClN2O. The zero-order valence-corrected chi connectivity index (χ0v) is 13.3. The zero-order chi connectivity index (χ0) is 13.4. The lowest BCUT2D eigenvalue weighted by Crippen LogP contribution is -2.40. The van der Waals surface area contributed by atoms with Crippen molar-refractivity contribution >= 4 is 18.3 Å². The minimum absolute atomic E-state index is 0. The average Bonchev–Trinajstić information content (AvgIpc) is 2.81. The summed E-state index contributed by atoms with van der Waals surface area (Å²) in [7, 11) is 0. The van der Waals surface area contributed by atoms with E-state index in [0.29, 0.717) is 30.8 Å². The molecule has 1 saturated carbocycles. The van der Waals surface area contributed by atoms with Crippen LogP contribution in [0.25, 0.3) is 0 Å². The summed E-state index contributed by atoms with van der Waals surface area (Å²) < 4.78 is 0. The van der Waals surface area contributed by atoms with Crippen molar-refractivity contribution in [2.45, 2.75) is 71.3 Å². The smallest absolute Gasteiger partial charge is 0.220 e. The van der Waals surface area contributed by atoms with Crippen molar-refractivity contribution in [3.63, 3.8) is 0 Å². The van der Waals surface area contributed by atoms with Gasteiger partial charge in [0, 0.05) is 12.5 Å². The first-order chi connectivity index (χ1) is 8.71. The number of nitrogens with one attached hydrogen (secondary N) is 1. The molecule has 0 radical (unpaired) electrons. The lowest BCUT2D eigenvalue weighted by atomic mass is 9.95. The first-order valence-corrected chi connectivity index (χ1v) is 7.70. The van der Waals surface area contributed by atoms with Gasteiger partial charge in [0.1, 0.15) is 0 Å². The van der Waals surface area contributed by atoms with Crippen molar-refractivity contribution in [3.05, 3.63) is 0 Å². The van der Waals surface area contributed by atoms with E-state index in [9.17, 15) is 4.79 Å². The standard InChI is InChI=1S/C15H30N2O.ClH/c1-3-5-7-12(4-2)10-15(18)17-14-9-6-8-13(14)11-16;/h12-14H,3-11,16H2,1-2H3,(H,17,18);1H. The number of carbonyl (C=O) groups excluding carboxylic acids is 1. The number of halogens is 1. The van der Waals surface area contributed by atoms with Crippen LogP contribution < -0.4 is 11.1 Å². The maximum Gasteiger partial charge on any atom is 0.220 e. The van der Waals surface area contributed by atoms with Crippen molar-refractivity contribution in [2.75, 3.05) is 6.54 Å². The fourth-order valence-electron chi connectivity index (χ4n) is 2.98. The van der Waals surface area contributed by atoms with Crippen LogP contribution in [0.15, 0.2) is 0 Å². The molecule has 0 spiro atoms. The van der Waals surface area contributed by atoms with Gasteiger partial charge in [-0.15, -0.1) is 12.4 Å². The molecule has 1 fully saturated rings. The van der Waals surface area contributed by atoms with Crippen LogP contribution in [0.3, 0.4) is 0 Å². The van der Waals surface area contributed by atoms with Crippen molar-refractivity contribution in [2.24, 2.45) is 17.6 Å². The first-order valence-electron chi connectivity index (χ1n) is 7.70. The first kappa shape index (κ1) is 18.7. The predicted octanol–water partition coefficient (Wildman–Crippen LogP) is 3.26. The number of nitrogens with two attached hydrogens (primary N) is 1. The van der Waals surface area contributed by atoms with Crippen LogP contribution in [0.5, 0.6) is 0 Å². The van der Waals surface area contributed by atoms with Gasteiger partial charge in [-0.2, -0.15) is 0 Å². The Labute approximate surface area is 124 Å². The van der Waals surface area contributed by atoms with Gasteiger partial charge in [-0.25, -0.2) is 0 Å². The Morgan fingerprint density at radius 1 is 1.37 bits per heavy atom. The summed E-state index contributed by atoms with van der Waals surface area (Å²) >= 11 is 0. The third kappa shape index (κ3) is 6.62. The van der Waals surface area contributed by atoms with Gasteiger partial charge in [0.2, 0.25) is 5.91 Å². The number of hydrogen-bond donors (Lipinski definition) is 2. The molecule has 0 bridgehead atoms. The summed E-state index contributed by atoms with van der Waals surface area (Å²) in [5.41, 5.74) is 5.74. The molecule has 0 saturated heterocycles. The minimum atomic E-state index is 0. The Morgan fingerprint density at radius 2 is 2.11 bits per heavy atom. The molecule has 0 heterocycles. The molecule has 1 amide bonds. The summed E-state index contributed by atoms with van der Waals surface area (Å²) in [6.07, 6.45) is 8.94. The zero-order valence-electron chi connectivity index (χ0n) is 12.5. The van der Waals surface area contributed by atoms with Gasteiger partial charge in [-0.05, 0) is 37.6 Å². The lowest BCUT2D eigenvalue weighted by molar-refractivity contribution is -0.123. The van der Waals surface area contributed by atoms with Gasteiger partial charge in [0.15, 0.2) is 0 Å². The van der Waals surface area contributed by atoms with E-state index < -0.39 is 0 Å². The highest BCUT2D eigenvalue weighted by Gasteiger charge is 2.27. The van der Waals surface area contributed by atoms with E-state index >= 15 is 0 Å². The van der Waals surface area contributed by atoms with Crippen molar-refractivity contribution < 1.29 is 4.79 Å². The third-order valence-electron chi connectivity index (χ3n) is 4.33. The van der Waals surface area contributed by atoms with E-state index in [1.165, 1.54) is 32.1 Å². The average molecular weight is 291 g/mol. The summed E-state index contributed by atoms with van der Waals surface area (Å²) in [5.74, 6) is 1.30. The monoisotopic (exact) mass is 290 g/mol. The fourth-order valence-corrected chi connectivity index (χ4v) is 2.98. The lowest BCUT2D eigenvalue weighted by Gasteiger charge is -2.21. The van der Waals surface area contributed by atoms with Crippen LogP contribution in [0, 0.1) is 11.8 Å². The molecule has 0 aliphatic heterocycles. The highest BCUT2D eigenvalue weighted by molar-refractivity contribution is 5.85. The maximum atomic E-state index is 12.0. The molecule has 4 heteroatoms. The van der Waals surface area contributed by atoms with E-state index in [1.54, 1.807) is 0 Å². The second-order valence-corrected chi connectivity index (χ2v) is 5.72. The molecule has 3 unspecified atom stereocenters. The molecule has 114 valence electrons. The maximum absolute atomic E-state index is 12.0. The summed E-state index contributed by atoms with van der Waals surface area (Å²) in [6.45, 7) is 5.10. The molecule has 1 rings (SSSR count). The molecule has 3 atom stereocenters. The Morgan fingerprint density at radius 3 is 2.68 bits per heavy atom. The van der Waals surface area contributed by atoms with Gasteiger partial charge in [-0.1, -0.05) is 39.5 Å². The van der Waals surface area contributed by atoms with Gasteiger partial charge in [0.25, 0.3) is 0 Å². The number of amides is 1. The van der Waals surface area contributed by atoms with Gasteiger partial charge >= 0.3 is 0 Å². The van der Waals surface area contributed by atoms with Gasteiger partial charge in [0.05, 0.1) is 0 Å². The van der Waals surface area contributed by atoms with Gasteiger partial charge < -0.3 is 11.1 Å². The second kappa shape index (κ2) is 10.5. The highest BCUT2D eigenvalue weighted by Crippen LogP contribution is 2.25. The fraction of sp³-hybridized carbons (Fsp3) is 0.933. The minimum Gasteiger partial charge on any atom is -0.353 e. The van der Waals surface area contributed by atoms with E-state index in [-0.39, 0.29) is 18.3 Å². The van der Waals surface area contributed by atoms with Crippen LogP contribution in [-0.2, 0) is 4.79 Å². The third-order valence-corrected chi connectivity index (χ3v) is 4.33. The Balaban J connectivity index is 0.00000324. The Hall–Kier alpha value is -0.280. The molecule has 3 N–H and O–H groups in total. The molecule has 1 aliphatic rings. The molecule has 0 aromatic heterocycles. The number of carbonyl (C=O) groups is 1. The van der Waals surface area contributed by atoms with E-state index in [4.69, 9.17) is 5.73 Å². The number of unbranched alkanes of at least 4 members (excludes halogenated alkanes) is 1. The van der Waals surface area contributed by atoms with Crippen molar-refractivity contribution in [3.8, 4) is 0 Å². The Kier molecular flexibility index (Phi) is 10.3. The number of hydrogen-bond acceptors (Lipinski definition) is 2. The summed E-state index contributed by atoms with van der Waals surface area (Å²) in [5, 5.41) is 3.20. The van der Waals surface area contributed by atoms with Gasteiger partial charge in [-0.3, -0.25) is 4.79 Å².